The van der Waals surface area contributed by atoms with Crippen LogP contribution in [0.1, 0.15) is 12.8 Å². The van der Waals surface area contributed by atoms with E-state index in [1.807, 2.05) is 0 Å². The van der Waals surface area contributed by atoms with Crippen LogP contribution in [0, 0.1) is 0 Å². The van der Waals surface area contributed by atoms with Crippen molar-refractivity contribution in [1.82, 2.24) is 10.6 Å². The van der Waals surface area contributed by atoms with Gasteiger partial charge in [-0.05, 0) is 6.42 Å². The normalized spacial score (nSPS) is 35.7. The Balaban J connectivity index is 2.22. The fourth-order valence-electron chi connectivity index (χ4n) is 1.95. The van der Waals surface area contributed by atoms with Gasteiger partial charge in [0.15, 0.2) is 0 Å². The Hall–Kier alpha value is -0.970. The molecular formula is C9H12F2N2O. The van der Waals surface area contributed by atoms with E-state index in [-0.39, 0.29) is 5.91 Å². The van der Waals surface area contributed by atoms with Gasteiger partial charge in [0.1, 0.15) is 5.54 Å². The maximum Gasteiger partial charge on any atom is 0.262 e. The molecule has 1 spiro atoms. The van der Waals surface area contributed by atoms with Crippen LogP contribution in [0.25, 0.3) is 0 Å². The average molecular weight is 202 g/mol. The zero-order valence-corrected chi connectivity index (χ0v) is 7.65. The molecule has 1 atom stereocenters. The lowest BCUT2D eigenvalue weighted by atomic mass is 9.91. The van der Waals surface area contributed by atoms with Crippen LogP contribution >= 0.6 is 0 Å². The highest BCUT2D eigenvalue weighted by Crippen LogP contribution is 2.35. The summed E-state index contributed by atoms with van der Waals surface area (Å²) in [6.45, 7) is 0.0160. The Morgan fingerprint density at radius 1 is 1.36 bits per heavy atom. The third kappa shape index (κ3) is 1.52. The minimum absolute atomic E-state index is 0.320. The summed E-state index contributed by atoms with van der Waals surface area (Å²) in [6.07, 6.45) is 3.49. The van der Waals surface area contributed by atoms with Gasteiger partial charge in [0.25, 0.3) is 5.92 Å². The highest BCUT2D eigenvalue weighted by molar-refractivity contribution is 5.87. The summed E-state index contributed by atoms with van der Waals surface area (Å²) < 4.78 is 26.0. The maximum absolute atomic E-state index is 13.0. The molecule has 2 rings (SSSR count). The number of nitrogens with one attached hydrogen (secondary N) is 2. The van der Waals surface area contributed by atoms with E-state index in [2.05, 4.69) is 10.6 Å². The second kappa shape index (κ2) is 3.02. The molecule has 0 saturated carbocycles. The van der Waals surface area contributed by atoms with E-state index >= 15 is 0 Å². The molecule has 0 radical (unpaired) electrons. The number of amides is 1. The van der Waals surface area contributed by atoms with Crippen LogP contribution < -0.4 is 10.6 Å². The first kappa shape index (κ1) is 9.58. The molecule has 3 nitrogen and oxygen atoms in total. The lowest BCUT2D eigenvalue weighted by Gasteiger charge is -2.24. The van der Waals surface area contributed by atoms with Crippen molar-refractivity contribution < 1.29 is 13.6 Å². The summed E-state index contributed by atoms with van der Waals surface area (Å²) in [5.41, 5.74) is -1.09. The number of hydrogen-bond acceptors (Lipinski definition) is 2. The molecule has 2 heterocycles. The third-order valence-electron chi connectivity index (χ3n) is 2.69. The second-order valence-electron chi connectivity index (χ2n) is 3.85. The van der Waals surface area contributed by atoms with Crippen molar-refractivity contribution in [2.24, 2.45) is 0 Å². The Morgan fingerprint density at radius 2 is 2.14 bits per heavy atom. The van der Waals surface area contributed by atoms with Crippen LogP contribution in [-0.4, -0.2) is 30.5 Å². The van der Waals surface area contributed by atoms with E-state index in [0.29, 0.717) is 13.0 Å². The van der Waals surface area contributed by atoms with Crippen LogP contribution in [0.2, 0.25) is 0 Å². The first-order valence-electron chi connectivity index (χ1n) is 4.60. The Bertz CT molecular complexity index is 291. The smallest absolute Gasteiger partial charge is 0.262 e. The van der Waals surface area contributed by atoms with Crippen LogP contribution in [0.4, 0.5) is 8.78 Å². The Kier molecular flexibility index (Phi) is 2.06. The molecule has 2 aliphatic rings. The Labute approximate surface area is 80.5 Å². The lowest BCUT2D eigenvalue weighted by Crippen LogP contribution is -2.52. The summed E-state index contributed by atoms with van der Waals surface area (Å²) in [5, 5.41) is 5.23. The minimum atomic E-state index is -2.77. The molecule has 0 aliphatic carbocycles. The lowest BCUT2D eigenvalue weighted by molar-refractivity contribution is -0.127. The van der Waals surface area contributed by atoms with Gasteiger partial charge in [0.2, 0.25) is 5.91 Å². The summed E-state index contributed by atoms with van der Waals surface area (Å²) in [6, 6.07) is 0. The van der Waals surface area contributed by atoms with Crippen LogP contribution in [0.5, 0.6) is 0 Å². The van der Waals surface area contributed by atoms with E-state index in [4.69, 9.17) is 0 Å². The first-order chi connectivity index (χ1) is 6.54. The van der Waals surface area contributed by atoms with Gasteiger partial charge in [0.05, 0.1) is 6.54 Å². The number of carbonyl (C=O) groups is 1. The number of carbonyl (C=O) groups excluding carboxylic acids is 1. The molecule has 0 aromatic carbocycles. The largest absolute Gasteiger partial charge is 0.351 e. The van der Waals surface area contributed by atoms with Crippen molar-refractivity contribution in [1.29, 1.82) is 0 Å². The van der Waals surface area contributed by atoms with Gasteiger partial charge < -0.3 is 5.32 Å². The van der Waals surface area contributed by atoms with Crippen molar-refractivity contribution in [3.05, 3.63) is 12.2 Å². The molecule has 2 N–H and O–H groups in total. The van der Waals surface area contributed by atoms with Gasteiger partial charge in [-0.25, -0.2) is 8.78 Å². The SMILES string of the molecule is O=C1NCC=CCC12CC(F)(F)CN2. The molecule has 1 unspecified atom stereocenters. The zero-order chi connectivity index (χ0) is 10.2. The second-order valence-corrected chi connectivity index (χ2v) is 3.85. The highest BCUT2D eigenvalue weighted by atomic mass is 19.3. The van der Waals surface area contributed by atoms with E-state index in [1.165, 1.54) is 0 Å². The number of halogens is 2. The fourth-order valence-corrected chi connectivity index (χ4v) is 1.95. The maximum atomic E-state index is 13.0. The summed E-state index contributed by atoms with van der Waals surface area (Å²) in [4.78, 5) is 11.6. The van der Waals surface area contributed by atoms with Crippen molar-refractivity contribution in [2.75, 3.05) is 13.1 Å². The van der Waals surface area contributed by atoms with Gasteiger partial charge in [-0.1, -0.05) is 12.2 Å². The quantitative estimate of drug-likeness (QED) is 0.559. The molecule has 0 aromatic rings. The molecule has 5 heteroatoms. The predicted molar refractivity (Wildman–Crippen MR) is 47.1 cm³/mol. The van der Waals surface area contributed by atoms with Crippen LogP contribution in [0.3, 0.4) is 0 Å². The standard InChI is InChI=1S/C9H12F2N2O/c10-9(11)5-8(13-6-9)3-1-2-4-12-7(8)14/h1-2,13H,3-6H2,(H,12,14). The molecule has 2 aliphatic heterocycles. The monoisotopic (exact) mass is 202 g/mol. The van der Waals surface area contributed by atoms with E-state index < -0.39 is 24.4 Å². The van der Waals surface area contributed by atoms with Crippen molar-refractivity contribution in [3.63, 3.8) is 0 Å². The van der Waals surface area contributed by atoms with Gasteiger partial charge in [-0.3, -0.25) is 10.1 Å². The molecule has 0 bridgehead atoms. The average Bonchev–Trinajstić information content (AvgIpc) is 2.31. The number of alkyl halides is 2. The van der Waals surface area contributed by atoms with E-state index in [0.717, 1.165) is 0 Å². The van der Waals surface area contributed by atoms with Gasteiger partial charge in [0, 0.05) is 13.0 Å². The van der Waals surface area contributed by atoms with Crippen molar-refractivity contribution >= 4 is 5.91 Å². The zero-order valence-electron chi connectivity index (χ0n) is 7.65. The van der Waals surface area contributed by atoms with E-state index in [1.54, 1.807) is 12.2 Å². The van der Waals surface area contributed by atoms with Crippen LogP contribution in [0.15, 0.2) is 12.2 Å². The van der Waals surface area contributed by atoms with Crippen LogP contribution in [-0.2, 0) is 4.79 Å². The van der Waals surface area contributed by atoms with Crippen molar-refractivity contribution in [3.8, 4) is 0 Å². The Morgan fingerprint density at radius 3 is 2.79 bits per heavy atom. The number of rotatable bonds is 0. The molecular weight excluding hydrogens is 190 g/mol. The molecule has 0 aromatic heterocycles. The summed E-state index contributed by atoms with van der Waals surface area (Å²) in [5.74, 6) is -3.09. The van der Waals surface area contributed by atoms with E-state index in [9.17, 15) is 13.6 Å². The van der Waals surface area contributed by atoms with Gasteiger partial charge in [-0.2, -0.15) is 0 Å². The molecule has 14 heavy (non-hydrogen) atoms. The molecule has 78 valence electrons. The summed E-state index contributed by atoms with van der Waals surface area (Å²) in [7, 11) is 0. The molecule has 1 fully saturated rings. The van der Waals surface area contributed by atoms with Gasteiger partial charge in [-0.15, -0.1) is 0 Å². The number of hydrogen-bond donors (Lipinski definition) is 2. The van der Waals surface area contributed by atoms with Gasteiger partial charge >= 0.3 is 0 Å². The highest BCUT2D eigenvalue weighted by Gasteiger charge is 2.53. The summed E-state index contributed by atoms with van der Waals surface area (Å²) >= 11 is 0. The van der Waals surface area contributed by atoms with Crippen molar-refractivity contribution in [2.45, 2.75) is 24.3 Å². The first-order valence-corrected chi connectivity index (χ1v) is 4.60. The third-order valence-corrected chi connectivity index (χ3v) is 2.69. The molecule has 1 saturated heterocycles. The topological polar surface area (TPSA) is 41.1 Å². The molecule has 1 amide bonds. The fraction of sp³-hybridized carbons (Fsp3) is 0.667. The minimum Gasteiger partial charge on any atom is -0.351 e. The predicted octanol–water partition coefficient (Wildman–Crippen LogP) is 0.430.